The Balaban J connectivity index is 2.24. The van der Waals surface area contributed by atoms with E-state index in [0.717, 1.165) is 12.3 Å². The van der Waals surface area contributed by atoms with Gasteiger partial charge in [0.2, 0.25) is 0 Å². The van der Waals surface area contributed by atoms with E-state index in [1.165, 1.54) is 47.6 Å². The molecule has 2 heteroatoms. The summed E-state index contributed by atoms with van der Waals surface area (Å²) in [6.07, 6.45) is 4.98. The zero-order chi connectivity index (χ0) is 13.9. The molecular weight excluding hydrogens is 246 g/mol. The number of methoxy groups -OCH3 is 1. The van der Waals surface area contributed by atoms with Crippen molar-refractivity contribution >= 4 is 10.8 Å². The molecule has 20 heavy (non-hydrogen) atoms. The molecule has 0 heterocycles. The molecule has 2 aromatic rings. The van der Waals surface area contributed by atoms with Crippen molar-refractivity contribution in [1.82, 2.24) is 5.32 Å². The summed E-state index contributed by atoms with van der Waals surface area (Å²) in [5, 5.41) is 6.25. The van der Waals surface area contributed by atoms with Crippen molar-refractivity contribution in [3.8, 4) is 5.75 Å². The fourth-order valence-electron chi connectivity index (χ4n) is 3.45. The topological polar surface area (TPSA) is 21.3 Å². The van der Waals surface area contributed by atoms with Crippen LogP contribution in [0.5, 0.6) is 5.75 Å². The number of aryl methyl sites for hydroxylation is 1. The van der Waals surface area contributed by atoms with Crippen LogP contribution >= 0.6 is 0 Å². The lowest BCUT2D eigenvalue weighted by atomic mass is 9.92. The van der Waals surface area contributed by atoms with E-state index in [4.69, 9.17) is 4.74 Å². The third-order valence-electron chi connectivity index (χ3n) is 4.37. The second kappa shape index (κ2) is 5.84. The number of ether oxygens (including phenoxy) is 1. The molecule has 1 aliphatic carbocycles. The summed E-state index contributed by atoms with van der Waals surface area (Å²) in [6.45, 7) is 3.20. The predicted octanol–water partition coefficient (Wildman–Crippen LogP) is 4.23. The largest absolute Gasteiger partial charge is 0.496 e. The predicted molar refractivity (Wildman–Crippen MR) is 84.5 cm³/mol. The smallest absolute Gasteiger partial charge is 0.127 e. The first kappa shape index (κ1) is 13.4. The molecule has 2 aromatic carbocycles. The number of fused-ring (bicyclic) bond motifs is 3. The first-order valence-corrected chi connectivity index (χ1v) is 7.67. The van der Waals surface area contributed by atoms with Crippen molar-refractivity contribution in [3.05, 3.63) is 41.5 Å². The van der Waals surface area contributed by atoms with Crippen LogP contribution in [-0.2, 0) is 6.42 Å². The van der Waals surface area contributed by atoms with Crippen molar-refractivity contribution in [1.29, 1.82) is 0 Å². The van der Waals surface area contributed by atoms with Crippen LogP contribution in [0.2, 0.25) is 0 Å². The van der Waals surface area contributed by atoms with Crippen LogP contribution in [0, 0.1) is 0 Å². The molecule has 1 aliphatic rings. The lowest BCUT2D eigenvalue weighted by Crippen LogP contribution is -2.21. The molecule has 2 nitrogen and oxygen atoms in total. The number of hydrogen-bond donors (Lipinski definition) is 1. The minimum absolute atomic E-state index is 0.469. The number of hydrogen-bond acceptors (Lipinski definition) is 2. The van der Waals surface area contributed by atoms with E-state index in [2.05, 4.69) is 42.6 Å². The second-order valence-electron chi connectivity index (χ2n) is 5.55. The maximum atomic E-state index is 5.63. The highest BCUT2D eigenvalue weighted by Gasteiger charge is 2.21. The Kier molecular flexibility index (Phi) is 3.93. The molecule has 0 radical (unpaired) electrons. The van der Waals surface area contributed by atoms with Gasteiger partial charge in [0.1, 0.15) is 5.75 Å². The average molecular weight is 269 g/mol. The van der Waals surface area contributed by atoms with E-state index in [1.54, 1.807) is 7.11 Å². The number of benzene rings is 2. The van der Waals surface area contributed by atoms with Crippen molar-refractivity contribution in [2.24, 2.45) is 0 Å². The fraction of sp³-hybridized carbons (Fsp3) is 0.444. The van der Waals surface area contributed by atoms with Crippen molar-refractivity contribution in [3.63, 3.8) is 0 Å². The van der Waals surface area contributed by atoms with Gasteiger partial charge in [0, 0.05) is 11.4 Å². The van der Waals surface area contributed by atoms with E-state index in [0.29, 0.717) is 6.04 Å². The number of nitrogens with one attached hydrogen (secondary N) is 1. The Morgan fingerprint density at radius 3 is 2.75 bits per heavy atom. The fourth-order valence-corrected chi connectivity index (χ4v) is 3.45. The molecule has 0 aromatic heterocycles. The van der Waals surface area contributed by atoms with Gasteiger partial charge < -0.3 is 10.1 Å². The molecule has 0 spiro atoms. The lowest BCUT2D eigenvalue weighted by Gasteiger charge is -2.21. The third kappa shape index (κ3) is 2.29. The monoisotopic (exact) mass is 269 g/mol. The van der Waals surface area contributed by atoms with Gasteiger partial charge in [0.05, 0.1) is 7.11 Å². The molecule has 0 bridgehead atoms. The Morgan fingerprint density at radius 2 is 2.00 bits per heavy atom. The van der Waals surface area contributed by atoms with Gasteiger partial charge in [-0.15, -0.1) is 0 Å². The molecule has 1 N–H and O–H groups in total. The maximum Gasteiger partial charge on any atom is 0.127 e. The Hall–Kier alpha value is -1.54. The summed E-state index contributed by atoms with van der Waals surface area (Å²) in [4.78, 5) is 0. The minimum atomic E-state index is 0.469. The summed E-state index contributed by atoms with van der Waals surface area (Å²) in [5.74, 6) is 1.00. The molecule has 1 atom stereocenters. The van der Waals surface area contributed by atoms with E-state index >= 15 is 0 Å². The standard InChI is InChI=1S/C18H23NO/c1-3-19-17-11-7-6-9-14-13-8-4-5-10-15(13)18(20-2)12-16(14)17/h4-5,8,10,12,17,19H,3,6-7,9,11H2,1-2H3. The van der Waals surface area contributed by atoms with Crippen LogP contribution in [0.3, 0.4) is 0 Å². The summed E-state index contributed by atoms with van der Waals surface area (Å²) < 4.78 is 5.63. The van der Waals surface area contributed by atoms with Crippen molar-refractivity contribution in [2.75, 3.05) is 13.7 Å². The SMILES string of the molecule is CCNC1CCCCc2c1cc(OC)c1ccccc21. The molecule has 0 saturated heterocycles. The van der Waals surface area contributed by atoms with Gasteiger partial charge in [-0.1, -0.05) is 37.6 Å². The molecule has 0 saturated carbocycles. The van der Waals surface area contributed by atoms with Gasteiger partial charge in [-0.2, -0.15) is 0 Å². The molecule has 3 rings (SSSR count). The average Bonchev–Trinajstić information content (AvgIpc) is 2.69. The van der Waals surface area contributed by atoms with E-state index in [9.17, 15) is 0 Å². The van der Waals surface area contributed by atoms with E-state index in [-0.39, 0.29) is 0 Å². The quantitative estimate of drug-likeness (QED) is 0.842. The van der Waals surface area contributed by atoms with Crippen molar-refractivity contribution < 1.29 is 4.74 Å². The summed E-state index contributed by atoms with van der Waals surface area (Å²) >= 11 is 0. The van der Waals surface area contributed by atoms with Crippen LogP contribution in [-0.4, -0.2) is 13.7 Å². The molecule has 1 unspecified atom stereocenters. The van der Waals surface area contributed by atoms with Gasteiger partial charge in [-0.3, -0.25) is 0 Å². The lowest BCUT2D eigenvalue weighted by molar-refractivity contribution is 0.417. The van der Waals surface area contributed by atoms with Crippen LogP contribution in [0.15, 0.2) is 30.3 Å². The van der Waals surface area contributed by atoms with Crippen LogP contribution in [0.1, 0.15) is 43.4 Å². The highest BCUT2D eigenvalue weighted by Crippen LogP contribution is 2.38. The first-order valence-electron chi connectivity index (χ1n) is 7.67. The summed E-state index contributed by atoms with van der Waals surface area (Å²) in [5.41, 5.74) is 2.96. The van der Waals surface area contributed by atoms with Gasteiger partial charge in [-0.05, 0) is 48.4 Å². The molecular formula is C18H23NO. The Labute approximate surface area is 121 Å². The second-order valence-corrected chi connectivity index (χ2v) is 5.55. The van der Waals surface area contributed by atoms with Gasteiger partial charge in [0.25, 0.3) is 0 Å². The third-order valence-corrected chi connectivity index (χ3v) is 4.37. The first-order chi connectivity index (χ1) is 9.85. The minimum Gasteiger partial charge on any atom is -0.496 e. The van der Waals surface area contributed by atoms with E-state index in [1.807, 2.05) is 0 Å². The molecule has 0 aliphatic heterocycles. The molecule has 0 fully saturated rings. The zero-order valence-corrected chi connectivity index (χ0v) is 12.4. The Morgan fingerprint density at radius 1 is 1.20 bits per heavy atom. The highest BCUT2D eigenvalue weighted by molar-refractivity contribution is 5.92. The van der Waals surface area contributed by atoms with Gasteiger partial charge >= 0.3 is 0 Å². The van der Waals surface area contributed by atoms with E-state index < -0.39 is 0 Å². The van der Waals surface area contributed by atoms with Gasteiger partial charge in [-0.25, -0.2) is 0 Å². The van der Waals surface area contributed by atoms with Crippen LogP contribution < -0.4 is 10.1 Å². The summed E-state index contributed by atoms with van der Waals surface area (Å²) in [6, 6.07) is 11.4. The summed E-state index contributed by atoms with van der Waals surface area (Å²) in [7, 11) is 1.77. The van der Waals surface area contributed by atoms with Crippen LogP contribution in [0.4, 0.5) is 0 Å². The highest BCUT2D eigenvalue weighted by atomic mass is 16.5. The zero-order valence-electron chi connectivity index (χ0n) is 12.4. The molecule has 106 valence electrons. The van der Waals surface area contributed by atoms with Crippen LogP contribution in [0.25, 0.3) is 10.8 Å². The van der Waals surface area contributed by atoms with Gasteiger partial charge in [0.15, 0.2) is 0 Å². The molecule has 0 amide bonds. The Bertz CT molecular complexity index is 606. The maximum absolute atomic E-state index is 5.63. The normalized spacial score (nSPS) is 18.6. The number of rotatable bonds is 3. The van der Waals surface area contributed by atoms with Crippen molar-refractivity contribution in [2.45, 2.75) is 38.6 Å².